The van der Waals surface area contributed by atoms with Crippen LogP contribution in [-0.2, 0) is 17.8 Å². The Bertz CT molecular complexity index is 655. The van der Waals surface area contributed by atoms with Crippen LogP contribution in [0.1, 0.15) is 32.2 Å². The number of hydrogen-bond donors (Lipinski definition) is 1. The summed E-state index contributed by atoms with van der Waals surface area (Å²) in [5, 5.41) is 2.98. The van der Waals surface area contributed by atoms with Gasteiger partial charge < -0.3 is 9.88 Å². The minimum absolute atomic E-state index is 0.0156. The Balaban J connectivity index is 2.36. The monoisotopic (exact) mass is 307 g/mol. The van der Waals surface area contributed by atoms with Crippen LogP contribution in [0.15, 0.2) is 18.2 Å². The zero-order valence-corrected chi connectivity index (χ0v) is 13.8. The van der Waals surface area contributed by atoms with Gasteiger partial charge in [-0.1, -0.05) is 6.07 Å². The number of nitrogens with zero attached hydrogens (tertiary/aromatic N) is 2. The number of hydrogen-bond acceptors (Lipinski definition) is 2. The molecule has 2 rings (SSSR count). The molecule has 0 unspecified atom stereocenters. The van der Waals surface area contributed by atoms with E-state index < -0.39 is 0 Å². The van der Waals surface area contributed by atoms with Gasteiger partial charge >= 0.3 is 0 Å². The van der Waals surface area contributed by atoms with Crippen LogP contribution in [0.2, 0.25) is 0 Å². The van der Waals surface area contributed by atoms with E-state index in [1.807, 2.05) is 50.5 Å². The van der Waals surface area contributed by atoms with Crippen LogP contribution in [-0.4, -0.2) is 26.9 Å². The van der Waals surface area contributed by atoms with Crippen LogP contribution in [0.4, 0.5) is 0 Å². The van der Waals surface area contributed by atoms with Gasteiger partial charge in [0.1, 0.15) is 12.4 Å². The Labute approximate surface area is 130 Å². The predicted molar refractivity (Wildman–Crippen MR) is 86.8 cm³/mol. The van der Waals surface area contributed by atoms with E-state index in [4.69, 9.17) is 11.6 Å². The second-order valence-corrected chi connectivity index (χ2v) is 6.72. The molecule has 0 atom stereocenters. The van der Waals surface area contributed by atoms with Crippen molar-refractivity contribution < 1.29 is 4.79 Å². The number of alkyl halides is 1. The molecule has 0 saturated heterocycles. The molecular weight excluding hydrogens is 286 g/mol. The lowest BCUT2D eigenvalue weighted by Gasteiger charge is -2.21. The van der Waals surface area contributed by atoms with Gasteiger partial charge in [0.05, 0.1) is 11.0 Å². The van der Waals surface area contributed by atoms with Crippen molar-refractivity contribution in [3.05, 3.63) is 29.6 Å². The SMILES string of the molecule is Cc1ccc2c(c1)nc(CCCl)n2CC(=O)NC(C)(C)C. The zero-order chi connectivity index (χ0) is 15.6. The third kappa shape index (κ3) is 3.97. The van der Waals surface area contributed by atoms with Gasteiger partial charge in [-0.3, -0.25) is 4.79 Å². The average molecular weight is 308 g/mol. The molecule has 0 aliphatic rings. The van der Waals surface area contributed by atoms with E-state index in [1.165, 1.54) is 0 Å². The molecule has 0 spiro atoms. The number of carbonyl (C=O) groups excluding carboxylic acids is 1. The molecule has 1 aromatic heterocycles. The van der Waals surface area contributed by atoms with Gasteiger partial charge in [-0.2, -0.15) is 0 Å². The van der Waals surface area contributed by atoms with E-state index in [-0.39, 0.29) is 18.0 Å². The second kappa shape index (κ2) is 6.06. The molecule has 21 heavy (non-hydrogen) atoms. The van der Waals surface area contributed by atoms with Crippen molar-refractivity contribution in [2.45, 2.75) is 46.2 Å². The average Bonchev–Trinajstić information content (AvgIpc) is 2.64. The Morgan fingerprint density at radius 3 is 2.71 bits per heavy atom. The predicted octanol–water partition coefficient (Wildman–Crippen LogP) is 3.04. The molecule has 1 amide bonds. The number of aryl methyl sites for hydroxylation is 2. The third-order valence-corrected chi connectivity index (χ3v) is 3.31. The molecule has 5 heteroatoms. The smallest absolute Gasteiger partial charge is 0.240 e. The topological polar surface area (TPSA) is 46.9 Å². The van der Waals surface area contributed by atoms with Crippen LogP contribution < -0.4 is 5.32 Å². The summed E-state index contributed by atoms with van der Waals surface area (Å²) in [6.45, 7) is 8.22. The second-order valence-electron chi connectivity index (χ2n) is 6.34. The van der Waals surface area contributed by atoms with Crippen molar-refractivity contribution in [2.24, 2.45) is 0 Å². The fraction of sp³-hybridized carbons (Fsp3) is 0.500. The van der Waals surface area contributed by atoms with Gasteiger partial charge in [0.2, 0.25) is 5.91 Å². The molecule has 0 fully saturated rings. The van der Waals surface area contributed by atoms with Crippen molar-refractivity contribution in [1.29, 1.82) is 0 Å². The van der Waals surface area contributed by atoms with Crippen LogP contribution in [0, 0.1) is 6.92 Å². The summed E-state index contributed by atoms with van der Waals surface area (Å²) < 4.78 is 1.96. The standard InChI is InChI=1S/C16H22ClN3O/c1-11-5-6-13-12(9-11)18-14(7-8-17)20(13)10-15(21)19-16(2,3)4/h5-6,9H,7-8,10H2,1-4H3,(H,19,21). The fourth-order valence-corrected chi connectivity index (χ4v) is 2.51. The molecule has 0 saturated carbocycles. The Hall–Kier alpha value is -1.55. The highest BCUT2D eigenvalue weighted by Crippen LogP contribution is 2.18. The van der Waals surface area contributed by atoms with Crippen molar-refractivity contribution in [3.8, 4) is 0 Å². The minimum atomic E-state index is -0.239. The summed E-state index contributed by atoms with van der Waals surface area (Å²) >= 11 is 5.86. The van der Waals surface area contributed by atoms with Crippen LogP contribution in [0.3, 0.4) is 0 Å². The Morgan fingerprint density at radius 2 is 2.10 bits per heavy atom. The summed E-state index contributed by atoms with van der Waals surface area (Å²) in [6, 6.07) is 6.08. The summed E-state index contributed by atoms with van der Waals surface area (Å²) in [4.78, 5) is 16.8. The molecule has 1 aromatic carbocycles. The summed E-state index contributed by atoms with van der Waals surface area (Å²) in [5.41, 5.74) is 2.81. The number of fused-ring (bicyclic) bond motifs is 1. The molecular formula is C16H22ClN3O. The molecule has 2 aromatic rings. The highest BCUT2D eigenvalue weighted by Gasteiger charge is 2.17. The quantitative estimate of drug-likeness (QED) is 0.883. The van der Waals surface area contributed by atoms with Crippen LogP contribution >= 0.6 is 11.6 Å². The number of aromatic nitrogens is 2. The molecule has 0 aliphatic heterocycles. The maximum atomic E-state index is 12.2. The number of amides is 1. The van der Waals surface area contributed by atoms with Gasteiger partial charge in [-0.25, -0.2) is 4.98 Å². The zero-order valence-electron chi connectivity index (χ0n) is 13.0. The molecule has 0 bridgehead atoms. The first-order chi connectivity index (χ1) is 9.80. The van der Waals surface area contributed by atoms with E-state index >= 15 is 0 Å². The van der Waals surface area contributed by atoms with Crippen molar-refractivity contribution in [3.63, 3.8) is 0 Å². The van der Waals surface area contributed by atoms with Crippen LogP contribution in [0.5, 0.6) is 0 Å². The number of rotatable bonds is 4. The van der Waals surface area contributed by atoms with Crippen LogP contribution in [0.25, 0.3) is 11.0 Å². The first-order valence-electron chi connectivity index (χ1n) is 7.13. The molecule has 1 N–H and O–H groups in total. The fourth-order valence-electron chi connectivity index (χ4n) is 2.34. The van der Waals surface area contributed by atoms with Crippen molar-refractivity contribution in [1.82, 2.24) is 14.9 Å². The number of halogens is 1. The third-order valence-electron chi connectivity index (χ3n) is 3.12. The minimum Gasteiger partial charge on any atom is -0.350 e. The first kappa shape index (κ1) is 15.8. The molecule has 1 heterocycles. The maximum Gasteiger partial charge on any atom is 0.240 e. The van der Waals surface area contributed by atoms with E-state index in [0.717, 1.165) is 22.4 Å². The lowest BCUT2D eigenvalue weighted by Crippen LogP contribution is -2.42. The van der Waals surface area contributed by atoms with Crippen molar-refractivity contribution >= 4 is 28.5 Å². The Morgan fingerprint density at radius 1 is 1.38 bits per heavy atom. The molecule has 0 radical (unpaired) electrons. The van der Waals surface area contributed by atoms with Gasteiger partial charge in [-0.15, -0.1) is 11.6 Å². The maximum absolute atomic E-state index is 12.2. The lowest BCUT2D eigenvalue weighted by molar-refractivity contribution is -0.123. The number of imidazole rings is 1. The Kier molecular flexibility index (Phi) is 4.57. The first-order valence-corrected chi connectivity index (χ1v) is 7.66. The van der Waals surface area contributed by atoms with Gasteiger partial charge in [0.25, 0.3) is 0 Å². The normalized spacial score (nSPS) is 11.9. The summed E-state index contributed by atoms with van der Waals surface area (Å²) in [5.74, 6) is 1.33. The highest BCUT2D eigenvalue weighted by molar-refractivity contribution is 6.17. The highest BCUT2D eigenvalue weighted by atomic mass is 35.5. The van der Waals surface area contributed by atoms with E-state index in [2.05, 4.69) is 10.3 Å². The molecule has 114 valence electrons. The van der Waals surface area contributed by atoms with E-state index in [9.17, 15) is 4.79 Å². The number of carbonyl (C=O) groups is 1. The summed E-state index contributed by atoms with van der Waals surface area (Å²) in [6.07, 6.45) is 0.651. The van der Waals surface area contributed by atoms with Gasteiger partial charge in [-0.05, 0) is 45.4 Å². The van der Waals surface area contributed by atoms with Gasteiger partial charge in [0.15, 0.2) is 0 Å². The van der Waals surface area contributed by atoms with E-state index in [0.29, 0.717) is 12.3 Å². The molecule has 4 nitrogen and oxygen atoms in total. The lowest BCUT2D eigenvalue weighted by atomic mass is 10.1. The number of benzene rings is 1. The molecule has 0 aliphatic carbocycles. The van der Waals surface area contributed by atoms with Crippen molar-refractivity contribution in [2.75, 3.05) is 5.88 Å². The largest absolute Gasteiger partial charge is 0.350 e. The number of nitrogens with one attached hydrogen (secondary N) is 1. The summed E-state index contributed by atoms with van der Waals surface area (Å²) in [7, 11) is 0. The van der Waals surface area contributed by atoms with Gasteiger partial charge in [0, 0.05) is 17.8 Å². The van der Waals surface area contributed by atoms with E-state index in [1.54, 1.807) is 0 Å².